The van der Waals surface area contributed by atoms with Crippen LogP contribution in [0.25, 0.3) is 0 Å². The highest BCUT2D eigenvalue weighted by Crippen LogP contribution is 2.38. The fourth-order valence-electron chi connectivity index (χ4n) is 1.14. The van der Waals surface area contributed by atoms with Crippen molar-refractivity contribution in [3.05, 3.63) is 35.1 Å². The third kappa shape index (κ3) is 1.31. The van der Waals surface area contributed by atoms with E-state index in [0.717, 1.165) is 12.1 Å². The highest BCUT2D eigenvalue weighted by atomic mass is 19.2. The van der Waals surface area contributed by atoms with Gasteiger partial charge in [0.1, 0.15) is 5.60 Å². The van der Waals surface area contributed by atoms with Crippen molar-refractivity contribution in [2.75, 3.05) is 6.61 Å². The Morgan fingerprint density at radius 1 is 1.23 bits per heavy atom. The molecule has 1 aliphatic rings. The van der Waals surface area contributed by atoms with Crippen molar-refractivity contribution < 1.29 is 17.9 Å². The predicted molar refractivity (Wildman–Crippen MR) is 39.6 cm³/mol. The van der Waals surface area contributed by atoms with E-state index in [1.165, 1.54) is 0 Å². The first-order valence-electron chi connectivity index (χ1n) is 3.82. The summed E-state index contributed by atoms with van der Waals surface area (Å²) in [4.78, 5) is 0. The number of ether oxygens (including phenoxy) is 1. The molecular weight excluding hydrogens is 181 g/mol. The first-order valence-corrected chi connectivity index (χ1v) is 3.82. The van der Waals surface area contributed by atoms with Crippen molar-refractivity contribution in [3.8, 4) is 0 Å². The van der Waals surface area contributed by atoms with Crippen LogP contribution in [0.15, 0.2) is 12.1 Å². The molecule has 13 heavy (non-hydrogen) atoms. The van der Waals surface area contributed by atoms with E-state index in [2.05, 4.69) is 0 Å². The van der Waals surface area contributed by atoms with Gasteiger partial charge in [0, 0.05) is 0 Å². The summed E-state index contributed by atoms with van der Waals surface area (Å²) in [7, 11) is 0. The minimum absolute atomic E-state index is 0.337. The normalized spacial score (nSPS) is 26.2. The Balaban J connectivity index is 2.50. The summed E-state index contributed by atoms with van der Waals surface area (Å²) in [5.74, 6) is -3.79. The summed E-state index contributed by atoms with van der Waals surface area (Å²) in [6, 6.07) is 1.93. The molecule has 70 valence electrons. The van der Waals surface area contributed by atoms with Crippen molar-refractivity contribution >= 4 is 0 Å². The molecule has 1 aliphatic heterocycles. The molecule has 1 atom stereocenters. The summed E-state index contributed by atoms with van der Waals surface area (Å²) in [6.07, 6.45) is 0. The molecule has 0 amide bonds. The third-order valence-corrected chi connectivity index (χ3v) is 2.17. The third-order valence-electron chi connectivity index (χ3n) is 2.17. The number of hydrogen-bond acceptors (Lipinski definition) is 1. The number of hydrogen-bond donors (Lipinski definition) is 0. The summed E-state index contributed by atoms with van der Waals surface area (Å²) in [6.45, 7) is 2.11. The van der Waals surface area contributed by atoms with Crippen LogP contribution in [0, 0.1) is 17.5 Å². The Hall–Kier alpha value is -1.03. The Kier molecular flexibility index (Phi) is 1.63. The first kappa shape index (κ1) is 8.56. The molecule has 0 radical (unpaired) electrons. The monoisotopic (exact) mass is 188 g/mol. The molecular formula is C9H7F3O. The number of halogens is 3. The fourth-order valence-corrected chi connectivity index (χ4v) is 1.14. The number of epoxide rings is 1. The van der Waals surface area contributed by atoms with Crippen molar-refractivity contribution in [3.63, 3.8) is 0 Å². The lowest BCUT2D eigenvalue weighted by molar-refractivity contribution is 0.326. The highest BCUT2D eigenvalue weighted by molar-refractivity contribution is 5.28. The van der Waals surface area contributed by atoms with Gasteiger partial charge in [-0.1, -0.05) is 0 Å². The van der Waals surface area contributed by atoms with Gasteiger partial charge >= 0.3 is 0 Å². The highest BCUT2D eigenvalue weighted by Gasteiger charge is 2.42. The van der Waals surface area contributed by atoms with E-state index >= 15 is 0 Å². The van der Waals surface area contributed by atoms with Crippen molar-refractivity contribution in [1.29, 1.82) is 0 Å². The summed E-state index contributed by atoms with van der Waals surface area (Å²) in [5, 5.41) is 0. The zero-order valence-corrected chi connectivity index (χ0v) is 6.90. The molecule has 2 rings (SSSR count). The molecule has 4 heteroatoms. The molecule has 0 aromatic heterocycles. The maximum absolute atomic E-state index is 12.7. The second-order valence-electron chi connectivity index (χ2n) is 3.27. The van der Waals surface area contributed by atoms with Crippen molar-refractivity contribution in [1.82, 2.24) is 0 Å². The molecule has 1 aromatic carbocycles. The first-order chi connectivity index (χ1) is 6.03. The molecule has 0 aliphatic carbocycles. The van der Waals surface area contributed by atoms with Gasteiger partial charge in [-0.2, -0.15) is 0 Å². The smallest absolute Gasteiger partial charge is 0.194 e. The second kappa shape index (κ2) is 2.48. The lowest BCUT2D eigenvalue weighted by Gasteiger charge is -2.06. The van der Waals surface area contributed by atoms with Gasteiger partial charge in [-0.15, -0.1) is 0 Å². The average Bonchev–Trinajstić information content (AvgIpc) is 2.80. The van der Waals surface area contributed by atoms with Gasteiger partial charge in [-0.25, -0.2) is 13.2 Å². The lowest BCUT2D eigenvalue weighted by atomic mass is 10.0. The molecule has 0 saturated carbocycles. The topological polar surface area (TPSA) is 12.5 Å². The van der Waals surface area contributed by atoms with Crippen LogP contribution in [-0.2, 0) is 10.3 Å². The van der Waals surface area contributed by atoms with Crippen LogP contribution in [0.1, 0.15) is 12.5 Å². The van der Waals surface area contributed by atoms with Crippen LogP contribution >= 0.6 is 0 Å². The quantitative estimate of drug-likeness (QED) is 0.486. The van der Waals surface area contributed by atoms with E-state index in [9.17, 15) is 13.2 Å². The predicted octanol–water partition coefficient (Wildman–Crippen LogP) is 2.35. The standard InChI is InChI=1S/C9H7F3O/c1-9(4-13-9)5-2-6(10)8(12)7(11)3-5/h2-3H,4H2,1H3. The SMILES string of the molecule is CC1(c2cc(F)c(F)c(F)c2)CO1. The Morgan fingerprint density at radius 2 is 1.69 bits per heavy atom. The van der Waals surface area contributed by atoms with E-state index in [4.69, 9.17) is 4.74 Å². The molecule has 0 N–H and O–H groups in total. The van der Waals surface area contributed by atoms with E-state index in [1.54, 1.807) is 6.92 Å². The molecule has 1 nitrogen and oxygen atoms in total. The summed E-state index contributed by atoms with van der Waals surface area (Å²) < 4.78 is 43.0. The Labute approximate surface area is 73.1 Å². The largest absolute Gasteiger partial charge is 0.365 e. The number of benzene rings is 1. The van der Waals surface area contributed by atoms with Gasteiger partial charge in [0.15, 0.2) is 17.5 Å². The summed E-state index contributed by atoms with van der Waals surface area (Å²) >= 11 is 0. The van der Waals surface area contributed by atoms with Gasteiger partial charge in [-0.05, 0) is 24.6 Å². The van der Waals surface area contributed by atoms with Gasteiger partial charge in [0.25, 0.3) is 0 Å². The van der Waals surface area contributed by atoms with Crippen molar-refractivity contribution in [2.45, 2.75) is 12.5 Å². The van der Waals surface area contributed by atoms with Crippen LogP contribution in [-0.4, -0.2) is 6.61 Å². The maximum Gasteiger partial charge on any atom is 0.194 e. The minimum Gasteiger partial charge on any atom is -0.365 e. The second-order valence-corrected chi connectivity index (χ2v) is 3.27. The molecule has 1 unspecified atom stereocenters. The molecule has 1 fully saturated rings. The summed E-state index contributed by atoms with van der Waals surface area (Å²) in [5.41, 5.74) is -0.293. The zero-order chi connectivity index (χ0) is 9.64. The van der Waals surface area contributed by atoms with Gasteiger partial charge < -0.3 is 4.74 Å². The van der Waals surface area contributed by atoms with Crippen LogP contribution in [0.5, 0.6) is 0 Å². The zero-order valence-electron chi connectivity index (χ0n) is 6.90. The number of rotatable bonds is 1. The fraction of sp³-hybridized carbons (Fsp3) is 0.333. The van der Waals surface area contributed by atoms with Gasteiger partial charge in [0.05, 0.1) is 6.61 Å². The molecule has 1 heterocycles. The van der Waals surface area contributed by atoms with E-state index in [0.29, 0.717) is 12.2 Å². The Bertz CT molecular complexity index is 335. The minimum atomic E-state index is -1.44. The van der Waals surface area contributed by atoms with Crippen LogP contribution in [0.2, 0.25) is 0 Å². The van der Waals surface area contributed by atoms with Crippen LogP contribution < -0.4 is 0 Å². The maximum atomic E-state index is 12.7. The van der Waals surface area contributed by atoms with Gasteiger partial charge in [0.2, 0.25) is 0 Å². The van der Waals surface area contributed by atoms with E-state index < -0.39 is 23.1 Å². The van der Waals surface area contributed by atoms with E-state index in [-0.39, 0.29) is 0 Å². The molecule has 0 bridgehead atoms. The molecule has 0 spiro atoms. The van der Waals surface area contributed by atoms with Crippen molar-refractivity contribution in [2.24, 2.45) is 0 Å². The van der Waals surface area contributed by atoms with Crippen LogP contribution in [0.3, 0.4) is 0 Å². The van der Waals surface area contributed by atoms with Gasteiger partial charge in [-0.3, -0.25) is 0 Å². The van der Waals surface area contributed by atoms with Crippen LogP contribution in [0.4, 0.5) is 13.2 Å². The van der Waals surface area contributed by atoms with E-state index in [1.807, 2.05) is 0 Å². The average molecular weight is 188 g/mol. The Morgan fingerprint density at radius 3 is 2.08 bits per heavy atom. The molecule has 1 aromatic rings. The molecule has 1 saturated heterocycles. The lowest BCUT2D eigenvalue weighted by Crippen LogP contribution is -2.05.